The van der Waals surface area contributed by atoms with Crippen LogP contribution in [0.15, 0.2) is 66.0 Å². The highest BCUT2D eigenvalue weighted by atomic mass is 32.2. The lowest BCUT2D eigenvalue weighted by molar-refractivity contribution is -0.125. The Morgan fingerprint density at radius 3 is 2.41 bits per heavy atom. The zero-order valence-electron chi connectivity index (χ0n) is 22.5. The van der Waals surface area contributed by atoms with E-state index in [9.17, 15) is 9.59 Å². The summed E-state index contributed by atoms with van der Waals surface area (Å²) in [4.78, 5) is 29.6. The summed E-state index contributed by atoms with van der Waals surface area (Å²) in [5, 5.41) is 13.0. The molecule has 1 aliphatic rings. The van der Waals surface area contributed by atoms with Crippen LogP contribution in [0.25, 0.3) is 16.9 Å². The average molecular weight is 562 g/mol. The second-order valence-corrected chi connectivity index (χ2v) is 12.5. The van der Waals surface area contributed by atoms with E-state index in [1.165, 1.54) is 23.5 Å². The van der Waals surface area contributed by atoms with Crippen LogP contribution in [0.2, 0.25) is 0 Å². The number of aromatic nitrogens is 3. The van der Waals surface area contributed by atoms with E-state index in [4.69, 9.17) is 5.10 Å². The average Bonchev–Trinajstić information content (AvgIpc) is 3.60. The van der Waals surface area contributed by atoms with Gasteiger partial charge in [-0.2, -0.15) is 5.10 Å². The van der Waals surface area contributed by atoms with Crippen LogP contribution in [0.1, 0.15) is 45.9 Å². The van der Waals surface area contributed by atoms with Crippen molar-refractivity contribution in [2.75, 3.05) is 10.6 Å². The molecule has 39 heavy (non-hydrogen) atoms. The Balaban J connectivity index is 1.33. The summed E-state index contributed by atoms with van der Waals surface area (Å²) in [7, 11) is 0. The van der Waals surface area contributed by atoms with Crippen molar-refractivity contribution >= 4 is 46.4 Å². The van der Waals surface area contributed by atoms with Crippen LogP contribution in [0.3, 0.4) is 0 Å². The molecule has 0 aliphatic carbocycles. The number of carbonyl (C=O) groups excluding carboxylic acids is 2. The minimum absolute atomic E-state index is 0.00148. The van der Waals surface area contributed by atoms with Gasteiger partial charge in [0, 0.05) is 41.1 Å². The minimum Gasteiger partial charge on any atom is -0.292 e. The number of rotatable bonds is 6. The van der Waals surface area contributed by atoms with Crippen molar-refractivity contribution in [3.8, 4) is 16.9 Å². The molecule has 2 aromatic carbocycles. The lowest BCUT2D eigenvalue weighted by Gasteiger charge is -2.25. The number of amides is 3. The van der Waals surface area contributed by atoms with Gasteiger partial charge in [0.15, 0.2) is 5.13 Å². The van der Waals surface area contributed by atoms with E-state index in [0.717, 1.165) is 28.2 Å². The van der Waals surface area contributed by atoms with Gasteiger partial charge in [-0.05, 0) is 31.5 Å². The van der Waals surface area contributed by atoms with Gasteiger partial charge in [-0.15, -0.1) is 11.3 Å². The second kappa shape index (κ2) is 10.5. The van der Waals surface area contributed by atoms with Crippen molar-refractivity contribution in [3.05, 3.63) is 77.3 Å². The molecule has 2 aromatic heterocycles. The van der Waals surface area contributed by atoms with Crippen molar-refractivity contribution in [3.63, 3.8) is 0 Å². The summed E-state index contributed by atoms with van der Waals surface area (Å²) >= 11 is 2.70. The number of nitrogens with one attached hydrogen (secondary N) is 3. The Morgan fingerprint density at radius 1 is 1.05 bits per heavy atom. The predicted molar refractivity (Wildman–Crippen MR) is 158 cm³/mol. The molecule has 0 unspecified atom stereocenters. The van der Waals surface area contributed by atoms with Gasteiger partial charge in [-0.25, -0.2) is 18.8 Å². The number of carbonyl (C=O) groups is 2. The first kappa shape index (κ1) is 26.9. The SMILES string of the molecule is CC(C)(C)c1cc(NC(=O)Nc2nc(-c3ccccc3)cs2)n(-c2ccc(CN3SNC(=O)C3(C)C)cc2)n1. The Bertz CT molecular complexity index is 1490. The molecular weight excluding hydrogens is 530 g/mol. The van der Waals surface area contributed by atoms with E-state index >= 15 is 0 Å². The molecule has 3 heterocycles. The number of thiazole rings is 1. The maximum Gasteiger partial charge on any atom is 0.326 e. The highest BCUT2D eigenvalue weighted by Gasteiger charge is 2.41. The summed E-state index contributed by atoms with van der Waals surface area (Å²) in [6.45, 7) is 10.7. The van der Waals surface area contributed by atoms with Crippen molar-refractivity contribution in [1.29, 1.82) is 0 Å². The number of hydrogen-bond donors (Lipinski definition) is 3. The minimum atomic E-state index is -0.587. The maximum absolute atomic E-state index is 13.0. The normalized spacial score (nSPS) is 15.3. The molecule has 4 aromatic rings. The van der Waals surface area contributed by atoms with E-state index in [0.29, 0.717) is 17.5 Å². The van der Waals surface area contributed by atoms with Crippen LogP contribution in [0.4, 0.5) is 15.7 Å². The van der Waals surface area contributed by atoms with Crippen LogP contribution in [0.5, 0.6) is 0 Å². The first-order valence-corrected chi connectivity index (χ1v) is 14.2. The van der Waals surface area contributed by atoms with Gasteiger partial charge < -0.3 is 0 Å². The van der Waals surface area contributed by atoms with Crippen LogP contribution in [-0.2, 0) is 16.8 Å². The monoisotopic (exact) mass is 561 g/mol. The first-order valence-electron chi connectivity index (χ1n) is 12.5. The van der Waals surface area contributed by atoms with Gasteiger partial charge in [-0.1, -0.05) is 63.2 Å². The van der Waals surface area contributed by atoms with Crippen molar-refractivity contribution in [1.82, 2.24) is 23.8 Å². The molecule has 1 aliphatic heterocycles. The Hall–Kier alpha value is -3.67. The summed E-state index contributed by atoms with van der Waals surface area (Å²) in [5.74, 6) is 0.550. The van der Waals surface area contributed by atoms with Crippen LogP contribution in [0, 0.1) is 0 Å². The number of hydrogen-bond acceptors (Lipinski definition) is 7. The molecular formula is C28H31N7O2S2. The zero-order valence-corrected chi connectivity index (χ0v) is 24.1. The molecule has 0 bridgehead atoms. The summed E-state index contributed by atoms with van der Waals surface area (Å²) in [6.07, 6.45) is 0. The molecule has 0 spiro atoms. The number of urea groups is 1. The molecule has 1 saturated heterocycles. The molecule has 0 saturated carbocycles. The Kier molecular flexibility index (Phi) is 7.23. The smallest absolute Gasteiger partial charge is 0.292 e. The molecule has 202 valence electrons. The van der Waals surface area contributed by atoms with Crippen LogP contribution < -0.4 is 15.4 Å². The van der Waals surface area contributed by atoms with Gasteiger partial charge >= 0.3 is 6.03 Å². The second-order valence-electron chi connectivity index (χ2n) is 10.8. The van der Waals surface area contributed by atoms with E-state index in [2.05, 4.69) is 41.1 Å². The van der Waals surface area contributed by atoms with Gasteiger partial charge in [0.05, 0.1) is 17.1 Å². The molecule has 1 fully saturated rings. The Labute approximate surface area is 236 Å². The van der Waals surface area contributed by atoms with Crippen molar-refractivity contribution in [2.45, 2.75) is 52.1 Å². The van der Waals surface area contributed by atoms with E-state index in [1.807, 2.05) is 84.2 Å². The van der Waals surface area contributed by atoms with Gasteiger partial charge in [0.25, 0.3) is 5.91 Å². The zero-order chi connectivity index (χ0) is 27.8. The maximum atomic E-state index is 13.0. The van der Waals surface area contributed by atoms with Gasteiger partial charge in [-0.3, -0.25) is 20.2 Å². The molecule has 11 heteroatoms. The third kappa shape index (κ3) is 5.85. The molecule has 5 rings (SSSR count). The number of anilines is 2. The van der Waals surface area contributed by atoms with E-state index in [-0.39, 0.29) is 11.3 Å². The Morgan fingerprint density at radius 2 is 1.77 bits per heavy atom. The quantitative estimate of drug-likeness (QED) is 0.242. The van der Waals surface area contributed by atoms with Crippen molar-refractivity contribution in [2.24, 2.45) is 0 Å². The third-order valence-electron chi connectivity index (χ3n) is 6.45. The van der Waals surface area contributed by atoms with Crippen molar-refractivity contribution < 1.29 is 9.59 Å². The standard InChI is InChI=1S/C28H31N7O2S2/c1-27(2,3)22-15-23(30-25(37)31-26-29-21(17-38-26)19-9-7-6-8-10-19)35(32-22)20-13-11-18(12-14-20)16-34-28(4,5)24(36)33-39-34/h6-15,17H,16H2,1-5H3,(H,33,36)(H2,29,30,31,37). The molecule has 0 radical (unpaired) electrons. The summed E-state index contributed by atoms with van der Waals surface area (Å²) in [5.41, 5.74) is 3.73. The lowest BCUT2D eigenvalue weighted by atomic mass is 9.92. The number of nitrogens with zero attached hydrogens (tertiary/aromatic N) is 4. The summed E-state index contributed by atoms with van der Waals surface area (Å²) in [6, 6.07) is 19.3. The highest BCUT2D eigenvalue weighted by Crippen LogP contribution is 2.32. The van der Waals surface area contributed by atoms with E-state index < -0.39 is 11.6 Å². The van der Waals surface area contributed by atoms with Crippen LogP contribution >= 0.6 is 23.5 Å². The molecule has 9 nitrogen and oxygen atoms in total. The molecule has 0 atom stereocenters. The predicted octanol–water partition coefficient (Wildman–Crippen LogP) is 6.21. The largest absolute Gasteiger partial charge is 0.326 e. The third-order valence-corrected chi connectivity index (χ3v) is 8.29. The van der Waals surface area contributed by atoms with Gasteiger partial charge in [0.1, 0.15) is 11.4 Å². The summed E-state index contributed by atoms with van der Waals surface area (Å²) < 4.78 is 6.59. The highest BCUT2D eigenvalue weighted by molar-refractivity contribution is 7.96. The first-order chi connectivity index (χ1) is 18.5. The van der Waals surface area contributed by atoms with Crippen LogP contribution in [-0.4, -0.2) is 36.5 Å². The van der Waals surface area contributed by atoms with Gasteiger partial charge in [0.2, 0.25) is 0 Å². The fourth-order valence-corrected chi connectivity index (χ4v) is 5.62. The molecule has 3 amide bonds. The fraction of sp³-hybridized carbons (Fsp3) is 0.286. The van der Waals surface area contributed by atoms with E-state index in [1.54, 1.807) is 4.68 Å². The molecule has 3 N–H and O–H groups in total. The number of benzene rings is 2. The lowest BCUT2D eigenvalue weighted by Crippen LogP contribution is -2.41. The fourth-order valence-electron chi connectivity index (χ4n) is 3.94. The topological polar surface area (TPSA) is 104 Å².